The molecule has 106 valence electrons. The molecule has 1 aromatic heterocycles. The first-order valence-corrected chi connectivity index (χ1v) is 7.67. The van der Waals surface area contributed by atoms with Gasteiger partial charge in [-0.25, -0.2) is 14.8 Å². The number of thiazole rings is 1. The number of hydrazine groups is 1. The van der Waals surface area contributed by atoms with E-state index in [0.717, 1.165) is 5.13 Å². The molecule has 0 aliphatic carbocycles. The molecule has 2 heterocycles. The summed E-state index contributed by atoms with van der Waals surface area (Å²) in [5.41, 5.74) is 3.71. The van der Waals surface area contributed by atoms with Crippen molar-refractivity contribution >= 4 is 22.4 Å². The second-order valence-electron chi connectivity index (χ2n) is 4.91. The molecule has 0 spiro atoms. The lowest BCUT2D eigenvalue weighted by Crippen LogP contribution is -2.47. The van der Waals surface area contributed by atoms with E-state index in [2.05, 4.69) is 29.3 Å². The lowest BCUT2D eigenvalue weighted by Gasteiger charge is -2.38. The van der Waals surface area contributed by atoms with Crippen molar-refractivity contribution in [3.05, 3.63) is 11.1 Å². The van der Waals surface area contributed by atoms with Crippen LogP contribution in [0.25, 0.3) is 0 Å². The molecule has 0 amide bonds. The second-order valence-corrected chi connectivity index (χ2v) is 5.76. The van der Waals surface area contributed by atoms with E-state index in [1.165, 1.54) is 30.6 Å². The van der Waals surface area contributed by atoms with E-state index in [1.54, 1.807) is 12.3 Å². The summed E-state index contributed by atoms with van der Waals surface area (Å²) in [6, 6.07) is 0.970. The smallest absolute Gasteiger partial charge is 0.357 e. The standard InChI is InChI=1S/C13H21N3O2S/c1-4-18-12(17)11-8-19-13(14-11)15-16-9(2)6-5-7-10(16)3/h8-10H,4-7H2,1-3H3,(H,14,15). The van der Waals surface area contributed by atoms with Gasteiger partial charge >= 0.3 is 5.97 Å². The number of hydrogen-bond donors (Lipinski definition) is 1. The van der Waals surface area contributed by atoms with Crippen LogP contribution in [0.2, 0.25) is 0 Å². The molecule has 0 bridgehead atoms. The minimum Gasteiger partial charge on any atom is -0.461 e. The molecule has 0 saturated carbocycles. The van der Waals surface area contributed by atoms with Crippen molar-refractivity contribution in [3.63, 3.8) is 0 Å². The number of piperidine rings is 1. The van der Waals surface area contributed by atoms with Crippen LogP contribution in [0.5, 0.6) is 0 Å². The molecule has 1 aliphatic rings. The zero-order valence-electron chi connectivity index (χ0n) is 11.7. The van der Waals surface area contributed by atoms with Crippen molar-refractivity contribution in [2.45, 2.75) is 52.1 Å². The quantitative estimate of drug-likeness (QED) is 0.861. The van der Waals surface area contributed by atoms with Gasteiger partial charge in [0.05, 0.1) is 6.61 Å². The molecule has 1 aliphatic heterocycles. The molecule has 1 fully saturated rings. The van der Waals surface area contributed by atoms with Gasteiger partial charge in [-0.2, -0.15) is 0 Å². The number of nitrogens with one attached hydrogen (secondary N) is 1. The number of nitrogens with zero attached hydrogens (tertiary/aromatic N) is 2. The van der Waals surface area contributed by atoms with Crippen LogP contribution < -0.4 is 5.43 Å². The number of carbonyl (C=O) groups excluding carboxylic acids is 1. The van der Waals surface area contributed by atoms with Crippen molar-refractivity contribution < 1.29 is 9.53 Å². The van der Waals surface area contributed by atoms with Crippen LogP contribution in [0.3, 0.4) is 0 Å². The molecule has 5 nitrogen and oxygen atoms in total. The Kier molecular flexibility index (Phi) is 4.76. The lowest BCUT2D eigenvalue weighted by molar-refractivity contribution is 0.0520. The van der Waals surface area contributed by atoms with Crippen LogP contribution in [0.15, 0.2) is 5.38 Å². The van der Waals surface area contributed by atoms with Gasteiger partial charge in [-0.3, -0.25) is 5.43 Å². The molecule has 1 N–H and O–H groups in total. The van der Waals surface area contributed by atoms with Crippen LogP contribution in [-0.4, -0.2) is 34.7 Å². The van der Waals surface area contributed by atoms with Crippen LogP contribution in [-0.2, 0) is 4.74 Å². The zero-order valence-corrected chi connectivity index (χ0v) is 12.5. The number of esters is 1. The van der Waals surface area contributed by atoms with E-state index in [1.807, 2.05) is 0 Å². The minimum atomic E-state index is -0.355. The van der Waals surface area contributed by atoms with Crippen molar-refractivity contribution in [3.8, 4) is 0 Å². The Bertz CT molecular complexity index is 425. The Morgan fingerprint density at radius 2 is 2.21 bits per heavy atom. The molecule has 2 rings (SSSR count). The van der Waals surface area contributed by atoms with Crippen molar-refractivity contribution in [2.75, 3.05) is 12.0 Å². The first kappa shape index (κ1) is 14.3. The van der Waals surface area contributed by atoms with Gasteiger partial charge in [-0.15, -0.1) is 11.3 Å². The Morgan fingerprint density at radius 3 is 2.84 bits per heavy atom. The summed E-state index contributed by atoms with van der Waals surface area (Å²) < 4.78 is 4.94. The maximum absolute atomic E-state index is 11.6. The van der Waals surface area contributed by atoms with Crippen molar-refractivity contribution in [2.24, 2.45) is 0 Å². The fraction of sp³-hybridized carbons (Fsp3) is 0.692. The Hall–Kier alpha value is -1.14. The van der Waals surface area contributed by atoms with Crippen LogP contribution in [0.1, 0.15) is 50.5 Å². The largest absolute Gasteiger partial charge is 0.461 e. The van der Waals surface area contributed by atoms with Gasteiger partial charge in [0.25, 0.3) is 0 Å². The summed E-state index contributed by atoms with van der Waals surface area (Å²) in [6.45, 7) is 6.59. The van der Waals surface area contributed by atoms with Crippen molar-refractivity contribution in [1.82, 2.24) is 9.99 Å². The normalized spacial score (nSPS) is 24.2. The predicted molar refractivity (Wildman–Crippen MR) is 76.3 cm³/mol. The highest BCUT2D eigenvalue weighted by Gasteiger charge is 2.25. The second kappa shape index (κ2) is 6.34. The summed E-state index contributed by atoms with van der Waals surface area (Å²) in [5, 5.41) is 4.72. The molecule has 2 unspecified atom stereocenters. The summed E-state index contributed by atoms with van der Waals surface area (Å²) >= 11 is 1.44. The first-order valence-electron chi connectivity index (χ1n) is 6.79. The molecule has 0 radical (unpaired) electrons. The number of ether oxygens (including phenoxy) is 1. The van der Waals surface area contributed by atoms with E-state index in [0.29, 0.717) is 24.4 Å². The Morgan fingerprint density at radius 1 is 1.53 bits per heavy atom. The van der Waals surface area contributed by atoms with E-state index in [4.69, 9.17) is 4.74 Å². The SMILES string of the molecule is CCOC(=O)c1csc(NN2C(C)CCCC2C)n1. The third-order valence-corrected chi connectivity index (χ3v) is 4.15. The van der Waals surface area contributed by atoms with Gasteiger partial charge in [0.15, 0.2) is 10.8 Å². The first-order chi connectivity index (χ1) is 9.11. The highest BCUT2D eigenvalue weighted by atomic mass is 32.1. The summed E-state index contributed by atoms with van der Waals surface area (Å²) in [6.07, 6.45) is 3.65. The minimum absolute atomic E-state index is 0.355. The molecular weight excluding hydrogens is 262 g/mol. The maximum atomic E-state index is 11.6. The third-order valence-electron chi connectivity index (χ3n) is 3.41. The zero-order chi connectivity index (χ0) is 13.8. The molecule has 1 saturated heterocycles. The lowest BCUT2D eigenvalue weighted by atomic mass is 10.00. The highest BCUT2D eigenvalue weighted by molar-refractivity contribution is 7.13. The molecule has 19 heavy (non-hydrogen) atoms. The summed E-state index contributed by atoms with van der Waals surface area (Å²) in [5.74, 6) is -0.355. The monoisotopic (exact) mass is 283 g/mol. The molecular formula is C13H21N3O2S. The average molecular weight is 283 g/mol. The Balaban J connectivity index is 2.01. The highest BCUT2D eigenvalue weighted by Crippen LogP contribution is 2.25. The maximum Gasteiger partial charge on any atom is 0.357 e. The number of anilines is 1. The van der Waals surface area contributed by atoms with Crippen LogP contribution in [0.4, 0.5) is 5.13 Å². The molecule has 0 aromatic carbocycles. The van der Waals surface area contributed by atoms with E-state index < -0.39 is 0 Å². The number of aromatic nitrogens is 1. The van der Waals surface area contributed by atoms with E-state index in [9.17, 15) is 4.79 Å². The van der Waals surface area contributed by atoms with Gasteiger partial charge < -0.3 is 4.74 Å². The molecule has 1 aromatic rings. The Labute approximate surface area is 117 Å². The third kappa shape index (κ3) is 3.45. The van der Waals surface area contributed by atoms with E-state index in [-0.39, 0.29) is 5.97 Å². The predicted octanol–water partition coefficient (Wildman–Crippen LogP) is 2.91. The van der Waals surface area contributed by atoms with Gasteiger partial charge in [0.1, 0.15) is 0 Å². The number of carbonyl (C=O) groups is 1. The van der Waals surface area contributed by atoms with Gasteiger partial charge in [-0.1, -0.05) is 6.42 Å². The van der Waals surface area contributed by atoms with Crippen molar-refractivity contribution in [1.29, 1.82) is 0 Å². The average Bonchev–Trinajstić information content (AvgIpc) is 2.83. The molecule has 2 atom stereocenters. The van der Waals surface area contributed by atoms with Crippen LogP contribution in [0, 0.1) is 0 Å². The topological polar surface area (TPSA) is 54.5 Å². The van der Waals surface area contributed by atoms with E-state index >= 15 is 0 Å². The van der Waals surface area contributed by atoms with Gasteiger partial charge in [-0.05, 0) is 33.6 Å². The molecule has 6 heteroatoms. The summed E-state index contributed by atoms with van der Waals surface area (Å²) in [4.78, 5) is 15.8. The summed E-state index contributed by atoms with van der Waals surface area (Å²) in [7, 11) is 0. The number of rotatable bonds is 4. The van der Waals surface area contributed by atoms with Gasteiger partial charge in [0.2, 0.25) is 0 Å². The fourth-order valence-corrected chi connectivity index (χ4v) is 3.06. The fourth-order valence-electron chi connectivity index (χ4n) is 2.38. The van der Waals surface area contributed by atoms with Gasteiger partial charge in [0, 0.05) is 17.5 Å². The van der Waals surface area contributed by atoms with Crippen LogP contribution >= 0.6 is 11.3 Å². The number of hydrogen-bond acceptors (Lipinski definition) is 6.